The van der Waals surface area contributed by atoms with Crippen LogP contribution in [0.25, 0.3) is 0 Å². The molecular weight excluding hydrogens is 238 g/mol. The molecule has 0 spiro atoms. The van der Waals surface area contributed by atoms with E-state index in [-0.39, 0.29) is 11.8 Å². The standard InChI is InChI=1S/C11H21N3O2S/c1-9(6-10(12)15)7-11(17)13-8-14-2-4-16-5-3-14/h9H,2-8H2,1H3,(H2,12,15)(H,13,17)/t9-/m1/s1. The quantitative estimate of drug-likeness (QED) is 0.662. The van der Waals surface area contributed by atoms with Crippen LogP contribution in [0.15, 0.2) is 0 Å². The number of thiocarbonyl (C=S) groups is 1. The van der Waals surface area contributed by atoms with Crippen molar-refractivity contribution in [2.24, 2.45) is 11.7 Å². The highest BCUT2D eigenvalue weighted by atomic mass is 32.1. The minimum absolute atomic E-state index is 0.206. The van der Waals surface area contributed by atoms with Gasteiger partial charge < -0.3 is 15.8 Å². The first-order valence-electron chi connectivity index (χ1n) is 5.93. The number of primary amides is 1. The van der Waals surface area contributed by atoms with Gasteiger partial charge in [-0.2, -0.15) is 0 Å². The molecule has 6 heteroatoms. The zero-order chi connectivity index (χ0) is 12.7. The lowest BCUT2D eigenvalue weighted by Gasteiger charge is -2.27. The number of hydrogen-bond acceptors (Lipinski definition) is 4. The van der Waals surface area contributed by atoms with E-state index >= 15 is 0 Å². The Kier molecular flexibility index (Phi) is 6.39. The molecule has 1 amide bonds. The van der Waals surface area contributed by atoms with Crippen LogP contribution in [0.3, 0.4) is 0 Å². The maximum absolute atomic E-state index is 10.7. The van der Waals surface area contributed by atoms with E-state index in [0.717, 1.165) is 38.0 Å². The van der Waals surface area contributed by atoms with E-state index in [9.17, 15) is 4.79 Å². The summed E-state index contributed by atoms with van der Waals surface area (Å²) in [6, 6.07) is 0. The molecule has 1 heterocycles. The van der Waals surface area contributed by atoms with Gasteiger partial charge in [0.1, 0.15) is 0 Å². The lowest BCUT2D eigenvalue weighted by atomic mass is 10.0. The average molecular weight is 259 g/mol. The first-order chi connectivity index (χ1) is 8.08. The van der Waals surface area contributed by atoms with Crippen LogP contribution in [0, 0.1) is 5.92 Å². The molecule has 3 N–H and O–H groups in total. The van der Waals surface area contributed by atoms with Gasteiger partial charge in [-0.3, -0.25) is 9.69 Å². The normalized spacial score (nSPS) is 18.6. The van der Waals surface area contributed by atoms with Crippen molar-refractivity contribution < 1.29 is 9.53 Å². The highest BCUT2D eigenvalue weighted by molar-refractivity contribution is 7.80. The Morgan fingerprint density at radius 2 is 2.12 bits per heavy atom. The number of nitrogens with one attached hydrogen (secondary N) is 1. The van der Waals surface area contributed by atoms with Crippen molar-refractivity contribution in [1.82, 2.24) is 10.2 Å². The third-order valence-electron chi connectivity index (χ3n) is 2.69. The lowest BCUT2D eigenvalue weighted by Crippen LogP contribution is -2.43. The summed E-state index contributed by atoms with van der Waals surface area (Å²) in [5, 5.41) is 3.21. The molecule has 5 nitrogen and oxygen atoms in total. The highest BCUT2D eigenvalue weighted by Crippen LogP contribution is 2.07. The van der Waals surface area contributed by atoms with E-state index in [1.54, 1.807) is 0 Å². The second-order valence-corrected chi connectivity index (χ2v) is 4.96. The van der Waals surface area contributed by atoms with Crippen LogP contribution >= 0.6 is 12.2 Å². The molecule has 0 unspecified atom stereocenters. The summed E-state index contributed by atoms with van der Waals surface area (Å²) < 4.78 is 5.26. The van der Waals surface area contributed by atoms with E-state index in [1.807, 2.05) is 6.92 Å². The van der Waals surface area contributed by atoms with Gasteiger partial charge in [0.2, 0.25) is 5.91 Å². The number of amides is 1. The molecule has 1 aliphatic rings. The van der Waals surface area contributed by atoms with Crippen LogP contribution < -0.4 is 11.1 Å². The monoisotopic (exact) mass is 259 g/mol. The molecule has 1 saturated heterocycles. The van der Waals surface area contributed by atoms with E-state index in [2.05, 4.69) is 10.2 Å². The van der Waals surface area contributed by atoms with E-state index in [1.165, 1.54) is 0 Å². The molecule has 0 aromatic carbocycles. The Labute approximate surface area is 108 Å². The van der Waals surface area contributed by atoms with Crippen molar-refractivity contribution in [2.75, 3.05) is 33.0 Å². The number of rotatable bonds is 6. The van der Waals surface area contributed by atoms with Crippen LogP contribution in [-0.4, -0.2) is 48.8 Å². The summed E-state index contributed by atoms with van der Waals surface area (Å²) in [6.07, 6.45) is 1.10. The minimum Gasteiger partial charge on any atom is -0.379 e. The minimum atomic E-state index is -0.270. The van der Waals surface area contributed by atoms with Gasteiger partial charge in [-0.05, 0) is 5.92 Å². The topological polar surface area (TPSA) is 67.6 Å². The Morgan fingerprint density at radius 3 is 2.71 bits per heavy atom. The number of morpholine rings is 1. The summed E-state index contributed by atoms with van der Waals surface area (Å²) in [7, 11) is 0. The summed E-state index contributed by atoms with van der Waals surface area (Å²) in [5.41, 5.74) is 5.14. The average Bonchev–Trinajstić information content (AvgIpc) is 2.26. The highest BCUT2D eigenvalue weighted by Gasteiger charge is 2.12. The molecule has 1 rings (SSSR count). The fraction of sp³-hybridized carbons (Fsp3) is 0.818. The largest absolute Gasteiger partial charge is 0.379 e. The fourth-order valence-electron chi connectivity index (χ4n) is 1.76. The smallest absolute Gasteiger partial charge is 0.217 e. The van der Waals surface area contributed by atoms with Gasteiger partial charge in [-0.25, -0.2) is 0 Å². The molecule has 0 radical (unpaired) electrons. The molecule has 17 heavy (non-hydrogen) atoms. The van der Waals surface area contributed by atoms with Crippen molar-refractivity contribution in [3.63, 3.8) is 0 Å². The third kappa shape index (κ3) is 6.55. The number of carbonyl (C=O) groups is 1. The van der Waals surface area contributed by atoms with Crippen LogP contribution in [0.2, 0.25) is 0 Å². The van der Waals surface area contributed by atoms with E-state index in [4.69, 9.17) is 22.7 Å². The Hall–Kier alpha value is -0.720. The third-order valence-corrected chi connectivity index (χ3v) is 3.00. The van der Waals surface area contributed by atoms with Gasteiger partial charge in [0.25, 0.3) is 0 Å². The zero-order valence-electron chi connectivity index (χ0n) is 10.3. The summed E-state index contributed by atoms with van der Waals surface area (Å²) in [5.74, 6) is -0.0642. The zero-order valence-corrected chi connectivity index (χ0v) is 11.1. The maximum atomic E-state index is 10.7. The Bertz CT molecular complexity index is 267. The first-order valence-corrected chi connectivity index (χ1v) is 6.34. The number of hydrogen-bond donors (Lipinski definition) is 2. The predicted molar refractivity (Wildman–Crippen MR) is 70.6 cm³/mol. The summed E-state index contributed by atoms with van der Waals surface area (Å²) >= 11 is 5.23. The maximum Gasteiger partial charge on any atom is 0.217 e. The SMILES string of the molecule is C[C@H](CC(N)=O)CC(=S)NCN1CCOCC1. The van der Waals surface area contributed by atoms with Crippen LogP contribution in [0.5, 0.6) is 0 Å². The molecule has 0 bridgehead atoms. The van der Waals surface area contributed by atoms with E-state index < -0.39 is 0 Å². The van der Waals surface area contributed by atoms with Crippen molar-refractivity contribution in [2.45, 2.75) is 19.8 Å². The van der Waals surface area contributed by atoms with Gasteiger partial charge in [0.05, 0.1) is 24.9 Å². The van der Waals surface area contributed by atoms with Crippen molar-refractivity contribution in [1.29, 1.82) is 0 Å². The summed E-state index contributed by atoms with van der Waals surface area (Å²) in [6.45, 7) is 6.18. The summed E-state index contributed by atoms with van der Waals surface area (Å²) in [4.78, 5) is 13.8. The van der Waals surface area contributed by atoms with Crippen LogP contribution in [0.1, 0.15) is 19.8 Å². The van der Waals surface area contributed by atoms with Crippen molar-refractivity contribution in [3.05, 3.63) is 0 Å². The van der Waals surface area contributed by atoms with Gasteiger partial charge in [-0.15, -0.1) is 0 Å². The number of carbonyl (C=O) groups excluding carboxylic acids is 1. The molecule has 98 valence electrons. The molecular formula is C11H21N3O2S. The fourth-order valence-corrected chi connectivity index (χ4v) is 2.11. The molecule has 1 aliphatic heterocycles. The first kappa shape index (κ1) is 14.3. The number of nitrogens with two attached hydrogens (primary N) is 1. The lowest BCUT2D eigenvalue weighted by molar-refractivity contribution is -0.118. The Balaban J connectivity index is 2.13. The molecule has 0 saturated carbocycles. The van der Waals surface area contributed by atoms with Crippen molar-refractivity contribution >= 4 is 23.1 Å². The van der Waals surface area contributed by atoms with Gasteiger partial charge in [0, 0.05) is 25.9 Å². The Morgan fingerprint density at radius 1 is 1.47 bits per heavy atom. The predicted octanol–water partition coefficient (Wildman–Crippen LogP) is 0.0947. The number of ether oxygens (including phenoxy) is 1. The van der Waals surface area contributed by atoms with Crippen molar-refractivity contribution in [3.8, 4) is 0 Å². The molecule has 1 atom stereocenters. The number of nitrogens with zero attached hydrogens (tertiary/aromatic N) is 1. The van der Waals surface area contributed by atoms with Crippen LogP contribution in [-0.2, 0) is 9.53 Å². The van der Waals surface area contributed by atoms with Gasteiger partial charge in [0.15, 0.2) is 0 Å². The molecule has 0 aliphatic carbocycles. The van der Waals surface area contributed by atoms with Crippen LogP contribution in [0.4, 0.5) is 0 Å². The van der Waals surface area contributed by atoms with E-state index in [0.29, 0.717) is 12.8 Å². The molecule has 0 aromatic rings. The molecule has 1 fully saturated rings. The molecule has 0 aromatic heterocycles. The van der Waals surface area contributed by atoms with Gasteiger partial charge in [-0.1, -0.05) is 19.1 Å². The van der Waals surface area contributed by atoms with Gasteiger partial charge >= 0.3 is 0 Å². The second-order valence-electron chi connectivity index (χ2n) is 4.47. The second kappa shape index (κ2) is 7.58.